The van der Waals surface area contributed by atoms with Crippen molar-refractivity contribution < 1.29 is 28.9 Å². The molecule has 1 aromatic rings. The molecule has 0 amide bonds. The number of carbonyl (C=O) groups is 2. The number of allylic oxidation sites excluding steroid dienone is 1. The molecule has 0 unspecified atom stereocenters. The van der Waals surface area contributed by atoms with E-state index in [-0.39, 0.29) is 34.8 Å². The van der Waals surface area contributed by atoms with Gasteiger partial charge < -0.3 is 19.3 Å². The number of hydrogen-bond donors (Lipinski definition) is 1. The van der Waals surface area contributed by atoms with Gasteiger partial charge in [0.15, 0.2) is 5.79 Å². The molecule has 1 heterocycles. The van der Waals surface area contributed by atoms with Crippen LogP contribution in [-0.4, -0.2) is 42.1 Å². The zero-order valence-electron chi connectivity index (χ0n) is 13.9. The van der Waals surface area contributed by atoms with E-state index in [2.05, 4.69) is 18.2 Å². The smallest absolute Gasteiger partial charge is 0.339 e. The Morgan fingerprint density at radius 2 is 1.69 bits per heavy atom. The summed E-state index contributed by atoms with van der Waals surface area (Å²) in [4.78, 5) is 24.0. The van der Waals surface area contributed by atoms with Gasteiger partial charge in [-0.05, 0) is 24.1 Å². The second kappa shape index (κ2) is 5.53. The van der Waals surface area contributed by atoms with E-state index in [0.717, 1.165) is 0 Å². The molecule has 1 aromatic carbocycles. The third kappa shape index (κ3) is 2.00. The summed E-state index contributed by atoms with van der Waals surface area (Å²) in [5.41, 5.74) is 0.0152. The lowest BCUT2D eigenvalue weighted by Gasteiger charge is -2.30. The average Bonchev–Trinajstić information content (AvgIpc) is 3.40. The Hall–Kier alpha value is -2.44. The van der Waals surface area contributed by atoms with Crippen LogP contribution < -0.4 is 0 Å². The molecule has 134 valence electrons. The molecule has 2 bridgehead atoms. The predicted molar refractivity (Wildman–Crippen MR) is 89.5 cm³/mol. The van der Waals surface area contributed by atoms with Gasteiger partial charge in [-0.3, -0.25) is 0 Å². The molecule has 26 heavy (non-hydrogen) atoms. The minimum atomic E-state index is -1.15. The molecule has 5 rings (SSSR count). The Morgan fingerprint density at radius 3 is 2.42 bits per heavy atom. The van der Waals surface area contributed by atoms with Gasteiger partial charge in [-0.15, -0.1) is 0 Å². The largest absolute Gasteiger partial charge is 0.478 e. The third-order valence-corrected chi connectivity index (χ3v) is 5.99. The molecular weight excluding hydrogens is 336 g/mol. The summed E-state index contributed by atoms with van der Waals surface area (Å²) in [5.74, 6) is -1.96. The van der Waals surface area contributed by atoms with Crippen LogP contribution in [0.4, 0.5) is 0 Å². The van der Waals surface area contributed by atoms with E-state index in [1.807, 2.05) is 6.08 Å². The summed E-state index contributed by atoms with van der Waals surface area (Å²) in [5, 5.41) is 9.29. The predicted octanol–water partition coefficient (Wildman–Crippen LogP) is 2.27. The van der Waals surface area contributed by atoms with E-state index in [0.29, 0.717) is 13.2 Å². The second-order valence-electron chi connectivity index (χ2n) is 7.12. The van der Waals surface area contributed by atoms with Crippen LogP contribution in [0.5, 0.6) is 0 Å². The Labute approximate surface area is 150 Å². The average molecular weight is 354 g/mol. The van der Waals surface area contributed by atoms with Crippen LogP contribution in [0.15, 0.2) is 48.6 Å². The van der Waals surface area contributed by atoms with Crippen molar-refractivity contribution >= 4 is 11.9 Å². The number of carbonyl (C=O) groups excluding carboxylic acids is 1. The summed E-state index contributed by atoms with van der Waals surface area (Å²) >= 11 is 0. The Balaban J connectivity index is 1.40. The fourth-order valence-electron chi connectivity index (χ4n) is 5.02. The van der Waals surface area contributed by atoms with Crippen LogP contribution in [0.1, 0.15) is 20.7 Å². The fourth-order valence-corrected chi connectivity index (χ4v) is 5.02. The number of carboxylic acids is 1. The molecule has 1 aliphatic heterocycles. The number of fused-ring (bicyclic) bond motifs is 3. The minimum absolute atomic E-state index is 0.0301. The van der Waals surface area contributed by atoms with Gasteiger partial charge >= 0.3 is 11.9 Å². The normalized spacial score (nSPS) is 35.2. The number of ether oxygens (including phenoxy) is 3. The fraction of sp³-hybridized carbons (Fsp3) is 0.400. The summed E-state index contributed by atoms with van der Waals surface area (Å²) in [7, 11) is 0. The van der Waals surface area contributed by atoms with Crippen molar-refractivity contribution in [1.82, 2.24) is 0 Å². The minimum Gasteiger partial charge on any atom is -0.478 e. The van der Waals surface area contributed by atoms with E-state index >= 15 is 0 Å². The molecule has 3 aliphatic carbocycles. The maximum Gasteiger partial charge on any atom is 0.339 e. The molecule has 5 atom stereocenters. The van der Waals surface area contributed by atoms with Gasteiger partial charge in [0.1, 0.15) is 6.10 Å². The van der Waals surface area contributed by atoms with Crippen LogP contribution in [0, 0.1) is 23.7 Å². The Morgan fingerprint density at radius 1 is 1.00 bits per heavy atom. The van der Waals surface area contributed by atoms with Crippen LogP contribution in [0.2, 0.25) is 0 Å². The van der Waals surface area contributed by atoms with E-state index in [1.54, 1.807) is 12.1 Å². The SMILES string of the molecule is O=C(O)c1ccccc1C(=O)O[C@@H]1C=C[C@@H]2[C@H]1[C@H]1C=C[C@H]2C12OCCO2. The second-order valence-corrected chi connectivity index (χ2v) is 7.12. The van der Waals surface area contributed by atoms with Gasteiger partial charge in [-0.2, -0.15) is 0 Å². The van der Waals surface area contributed by atoms with Gasteiger partial charge in [0, 0.05) is 17.8 Å². The van der Waals surface area contributed by atoms with Crippen molar-refractivity contribution in [3.8, 4) is 0 Å². The first-order chi connectivity index (χ1) is 12.6. The maximum atomic E-state index is 12.6. The molecular formula is C20H18O6. The van der Waals surface area contributed by atoms with Crippen molar-refractivity contribution in [2.75, 3.05) is 13.2 Å². The lowest BCUT2D eigenvalue weighted by atomic mass is 9.84. The van der Waals surface area contributed by atoms with Gasteiger partial charge in [-0.1, -0.05) is 30.4 Å². The number of aromatic carboxylic acids is 1. The Bertz CT molecular complexity index is 834. The maximum absolute atomic E-state index is 12.6. The number of carboxylic acid groups (broad SMARTS) is 1. The quantitative estimate of drug-likeness (QED) is 0.662. The number of hydrogen-bond acceptors (Lipinski definition) is 5. The van der Waals surface area contributed by atoms with Crippen LogP contribution >= 0.6 is 0 Å². The van der Waals surface area contributed by atoms with Crippen molar-refractivity contribution in [1.29, 1.82) is 0 Å². The highest BCUT2D eigenvalue weighted by molar-refractivity contribution is 6.02. The molecule has 1 N–H and O–H groups in total. The highest BCUT2D eigenvalue weighted by Gasteiger charge is 2.67. The molecule has 6 nitrogen and oxygen atoms in total. The summed E-state index contributed by atoms with van der Waals surface area (Å²) < 4.78 is 17.7. The summed E-state index contributed by atoms with van der Waals surface area (Å²) in [6.07, 6.45) is 7.82. The first-order valence-corrected chi connectivity index (χ1v) is 8.80. The first kappa shape index (κ1) is 15.8. The molecule has 0 radical (unpaired) electrons. The van der Waals surface area contributed by atoms with Gasteiger partial charge in [0.2, 0.25) is 0 Å². The standard InChI is InChI=1S/C20H18O6/c21-18(22)11-3-1-2-4-12(11)19(23)26-16-8-5-13-14-6-7-15(17(13)16)20(14)24-9-10-25-20/h1-8,13-17H,9-10H2,(H,21,22)/t13-,14+,15+,16+,17-/m0/s1. The van der Waals surface area contributed by atoms with Crippen LogP contribution in [0.3, 0.4) is 0 Å². The van der Waals surface area contributed by atoms with E-state index < -0.39 is 23.8 Å². The van der Waals surface area contributed by atoms with Crippen molar-refractivity contribution in [3.05, 3.63) is 59.7 Å². The zero-order chi connectivity index (χ0) is 17.9. The number of benzene rings is 1. The molecule has 1 saturated carbocycles. The zero-order valence-corrected chi connectivity index (χ0v) is 13.9. The number of rotatable bonds is 3. The van der Waals surface area contributed by atoms with E-state index in [1.165, 1.54) is 12.1 Å². The first-order valence-electron chi connectivity index (χ1n) is 8.80. The van der Waals surface area contributed by atoms with Gasteiger partial charge in [-0.25, -0.2) is 9.59 Å². The van der Waals surface area contributed by atoms with Gasteiger partial charge in [0.25, 0.3) is 0 Å². The summed E-state index contributed by atoms with van der Waals surface area (Å²) in [6.45, 7) is 1.16. The molecule has 2 fully saturated rings. The monoisotopic (exact) mass is 354 g/mol. The topological polar surface area (TPSA) is 82.1 Å². The third-order valence-electron chi connectivity index (χ3n) is 5.99. The molecule has 4 aliphatic rings. The van der Waals surface area contributed by atoms with Crippen LogP contribution in [0.25, 0.3) is 0 Å². The van der Waals surface area contributed by atoms with Crippen LogP contribution in [-0.2, 0) is 14.2 Å². The van der Waals surface area contributed by atoms with Gasteiger partial charge in [0.05, 0.1) is 24.3 Å². The molecule has 1 saturated heterocycles. The van der Waals surface area contributed by atoms with Crippen molar-refractivity contribution in [3.63, 3.8) is 0 Å². The molecule has 6 heteroatoms. The highest BCUT2D eigenvalue weighted by Crippen LogP contribution is 2.61. The lowest BCUT2D eigenvalue weighted by molar-refractivity contribution is -0.189. The number of esters is 1. The lowest BCUT2D eigenvalue weighted by Crippen LogP contribution is -2.39. The summed E-state index contributed by atoms with van der Waals surface area (Å²) in [6, 6.07) is 6.10. The van der Waals surface area contributed by atoms with Crippen molar-refractivity contribution in [2.45, 2.75) is 11.9 Å². The van der Waals surface area contributed by atoms with Crippen molar-refractivity contribution in [2.24, 2.45) is 23.7 Å². The van der Waals surface area contributed by atoms with E-state index in [4.69, 9.17) is 14.2 Å². The highest BCUT2D eigenvalue weighted by atomic mass is 16.7. The van der Waals surface area contributed by atoms with E-state index in [9.17, 15) is 14.7 Å². The molecule has 0 aromatic heterocycles. The molecule has 1 spiro atoms. The Kier molecular flexibility index (Phi) is 3.36.